The van der Waals surface area contributed by atoms with Crippen molar-refractivity contribution < 1.29 is 14.3 Å². The molecule has 1 atom stereocenters. The summed E-state index contributed by atoms with van der Waals surface area (Å²) in [5.41, 5.74) is 0.346. The van der Waals surface area contributed by atoms with Crippen LogP contribution in [-0.2, 0) is 9.53 Å². The Labute approximate surface area is 120 Å². The van der Waals surface area contributed by atoms with Gasteiger partial charge in [0.25, 0.3) is 5.91 Å². The molecule has 1 aliphatic rings. The van der Waals surface area contributed by atoms with Gasteiger partial charge >= 0.3 is 5.97 Å². The van der Waals surface area contributed by atoms with Crippen LogP contribution in [0.4, 0.5) is 0 Å². The molecule has 1 saturated heterocycles. The summed E-state index contributed by atoms with van der Waals surface area (Å²) in [4.78, 5) is 29.7. The number of pyridine rings is 1. The molecule has 0 N–H and O–H groups in total. The highest BCUT2D eigenvalue weighted by atomic mass is 79.9. The number of halogens is 1. The second-order valence-corrected chi connectivity index (χ2v) is 5.31. The van der Waals surface area contributed by atoms with Gasteiger partial charge in [-0.2, -0.15) is 0 Å². The van der Waals surface area contributed by atoms with E-state index in [1.54, 1.807) is 23.2 Å². The van der Waals surface area contributed by atoms with Crippen molar-refractivity contribution in [3.63, 3.8) is 0 Å². The van der Waals surface area contributed by atoms with Crippen molar-refractivity contribution in [2.24, 2.45) is 0 Å². The first kappa shape index (κ1) is 14.0. The van der Waals surface area contributed by atoms with E-state index < -0.39 is 6.04 Å². The predicted molar refractivity (Wildman–Crippen MR) is 72.6 cm³/mol. The Kier molecular flexibility index (Phi) is 4.52. The van der Waals surface area contributed by atoms with Gasteiger partial charge in [0, 0.05) is 17.2 Å². The van der Waals surface area contributed by atoms with E-state index in [1.165, 1.54) is 7.11 Å². The minimum atomic E-state index is -0.489. The van der Waals surface area contributed by atoms with E-state index in [0.29, 0.717) is 18.7 Å². The SMILES string of the molecule is COC(=O)[C@H]1CCCCN1C(=O)c1ccc(Br)cn1. The lowest BCUT2D eigenvalue weighted by molar-refractivity contribution is -0.147. The van der Waals surface area contributed by atoms with Gasteiger partial charge in [0.2, 0.25) is 0 Å². The molecule has 6 heteroatoms. The minimum Gasteiger partial charge on any atom is -0.467 e. The summed E-state index contributed by atoms with van der Waals surface area (Å²) in [5.74, 6) is -0.576. The number of carbonyl (C=O) groups excluding carboxylic acids is 2. The van der Waals surface area contributed by atoms with Crippen LogP contribution in [0.1, 0.15) is 29.8 Å². The molecule has 0 saturated carbocycles. The molecule has 102 valence electrons. The Bertz CT molecular complexity index is 475. The monoisotopic (exact) mass is 326 g/mol. The van der Waals surface area contributed by atoms with Crippen molar-refractivity contribution in [2.75, 3.05) is 13.7 Å². The van der Waals surface area contributed by atoms with Gasteiger partial charge in [0.1, 0.15) is 11.7 Å². The number of ether oxygens (including phenoxy) is 1. The Hall–Kier alpha value is -1.43. The molecule has 1 aromatic heterocycles. The smallest absolute Gasteiger partial charge is 0.328 e. The highest BCUT2D eigenvalue weighted by Gasteiger charge is 2.33. The van der Waals surface area contributed by atoms with Crippen LogP contribution >= 0.6 is 15.9 Å². The zero-order chi connectivity index (χ0) is 13.8. The summed E-state index contributed by atoms with van der Waals surface area (Å²) in [6.07, 6.45) is 4.05. The molecule has 1 aliphatic heterocycles. The Morgan fingerprint density at radius 1 is 1.42 bits per heavy atom. The van der Waals surface area contributed by atoms with Gasteiger partial charge in [0.05, 0.1) is 7.11 Å². The number of hydrogen-bond acceptors (Lipinski definition) is 4. The van der Waals surface area contributed by atoms with Crippen LogP contribution in [0, 0.1) is 0 Å². The summed E-state index contributed by atoms with van der Waals surface area (Å²) in [6.45, 7) is 0.566. The predicted octanol–water partition coefficient (Wildman–Crippen LogP) is 2.01. The van der Waals surface area contributed by atoms with E-state index in [2.05, 4.69) is 20.9 Å². The summed E-state index contributed by atoms with van der Waals surface area (Å²) in [5, 5.41) is 0. The number of piperidine rings is 1. The van der Waals surface area contributed by atoms with Crippen LogP contribution in [0.15, 0.2) is 22.8 Å². The zero-order valence-corrected chi connectivity index (χ0v) is 12.2. The molecule has 0 bridgehead atoms. The second-order valence-electron chi connectivity index (χ2n) is 4.39. The van der Waals surface area contributed by atoms with Crippen LogP contribution in [0.5, 0.6) is 0 Å². The molecule has 1 amide bonds. The molecular formula is C13H15BrN2O3. The lowest BCUT2D eigenvalue weighted by atomic mass is 10.0. The topological polar surface area (TPSA) is 59.5 Å². The molecule has 0 aromatic carbocycles. The third kappa shape index (κ3) is 3.12. The minimum absolute atomic E-state index is 0.220. The average molecular weight is 327 g/mol. The fraction of sp³-hybridized carbons (Fsp3) is 0.462. The van der Waals surface area contributed by atoms with Crippen molar-refractivity contribution in [1.82, 2.24) is 9.88 Å². The van der Waals surface area contributed by atoms with E-state index in [1.807, 2.05) is 0 Å². The van der Waals surface area contributed by atoms with Crippen molar-refractivity contribution in [2.45, 2.75) is 25.3 Å². The van der Waals surface area contributed by atoms with Crippen LogP contribution in [-0.4, -0.2) is 41.5 Å². The standard InChI is InChI=1S/C13H15BrN2O3/c1-19-13(18)11-4-2-3-7-16(11)12(17)10-6-5-9(14)8-15-10/h5-6,8,11H,2-4,7H2,1H3/t11-/m1/s1. The van der Waals surface area contributed by atoms with Crippen molar-refractivity contribution in [3.8, 4) is 0 Å². The van der Waals surface area contributed by atoms with Gasteiger partial charge in [-0.3, -0.25) is 4.79 Å². The number of esters is 1. The summed E-state index contributed by atoms with van der Waals surface area (Å²) < 4.78 is 5.58. The lowest BCUT2D eigenvalue weighted by Crippen LogP contribution is -2.48. The first-order chi connectivity index (χ1) is 9.13. The van der Waals surface area contributed by atoms with E-state index in [0.717, 1.165) is 17.3 Å². The Balaban J connectivity index is 2.20. The van der Waals surface area contributed by atoms with Gasteiger partial charge in [-0.1, -0.05) is 0 Å². The van der Waals surface area contributed by atoms with Gasteiger partial charge in [-0.25, -0.2) is 9.78 Å². The Morgan fingerprint density at radius 3 is 2.84 bits per heavy atom. The maximum absolute atomic E-state index is 12.4. The molecule has 0 spiro atoms. The van der Waals surface area contributed by atoms with Gasteiger partial charge in [-0.15, -0.1) is 0 Å². The maximum atomic E-state index is 12.4. The van der Waals surface area contributed by atoms with Crippen LogP contribution in [0.25, 0.3) is 0 Å². The largest absolute Gasteiger partial charge is 0.467 e. The molecular weight excluding hydrogens is 312 g/mol. The molecule has 19 heavy (non-hydrogen) atoms. The molecule has 0 aliphatic carbocycles. The number of rotatable bonds is 2. The van der Waals surface area contributed by atoms with Crippen molar-refractivity contribution in [1.29, 1.82) is 0 Å². The van der Waals surface area contributed by atoms with E-state index in [9.17, 15) is 9.59 Å². The highest BCUT2D eigenvalue weighted by molar-refractivity contribution is 9.10. The van der Waals surface area contributed by atoms with E-state index >= 15 is 0 Å². The normalized spacial score (nSPS) is 19.1. The molecule has 2 rings (SSSR count). The number of amides is 1. The fourth-order valence-electron chi connectivity index (χ4n) is 2.21. The average Bonchev–Trinajstić information content (AvgIpc) is 2.46. The molecule has 0 unspecified atom stereocenters. The first-order valence-corrected chi connectivity index (χ1v) is 6.93. The van der Waals surface area contributed by atoms with E-state index in [-0.39, 0.29) is 11.9 Å². The highest BCUT2D eigenvalue weighted by Crippen LogP contribution is 2.20. The van der Waals surface area contributed by atoms with E-state index in [4.69, 9.17) is 4.74 Å². The van der Waals surface area contributed by atoms with Crippen LogP contribution in [0.2, 0.25) is 0 Å². The van der Waals surface area contributed by atoms with Gasteiger partial charge < -0.3 is 9.64 Å². The second kappa shape index (κ2) is 6.14. The number of nitrogens with zero attached hydrogens (tertiary/aromatic N) is 2. The first-order valence-electron chi connectivity index (χ1n) is 6.14. The maximum Gasteiger partial charge on any atom is 0.328 e. The molecule has 0 radical (unpaired) electrons. The van der Waals surface area contributed by atoms with Gasteiger partial charge in [0.15, 0.2) is 0 Å². The van der Waals surface area contributed by atoms with Crippen molar-refractivity contribution >= 4 is 27.8 Å². The quantitative estimate of drug-likeness (QED) is 0.780. The molecule has 5 nitrogen and oxygen atoms in total. The number of likely N-dealkylation sites (tertiary alicyclic amines) is 1. The van der Waals surface area contributed by atoms with Crippen molar-refractivity contribution in [3.05, 3.63) is 28.5 Å². The zero-order valence-electron chi connectivity index (χ0n) is 10.6. The number of hydrogen-bond donors (Lipinski definition) is 0. The molecule has 1 aromatic rings. The summed E-state index contributed by atoms with van der Waals surface area (Å²) in [7, 11) is 1.34. The Morgan fingerprint density at radius 2 is 2.21 bits per heavy atom. The number of methoxy groups -OCH3 is 1. The third-order valence-electron chi connectivity index (χ3n) is 3.18. The summed E-state index contributed by atoms with van der Waals surface area (Å²) >= 11 is 3.28. The molecule has 1 fully saturated rings. The van der Waals surface area contributed by atoms with Crippen LogP contribution < -0.4 is 0 Å². The molecule has 2 heterocycles. The summed E-state index contributed by atoms with van der Waals surface area (Å²) in [6, 6.07) is 2.92. The fourth-order valence-corrected chi connectivity index (χ4v) is 2.44. The lowest BCUT2D eigenvalue weighted by Gasteiger charge is -2.33. The van der Waals surface area contributed by atoms with Crippen LogP contribution in [0.3, 0.4) is 0 Å². The third-order valence-corrected chi connectivity index (χ3v) is 3.65. The number of aromatic nitrogens is 1. The number of carbonyl (C=O) groups is 2. The van der Waals surface area contributed by atoms with Gasteiger partial charge in [-0.05, 0) is 47.3 Å².